The second-order valence-corrected chi connectivity index (χ2v) is 5.43. The van der Waals surface area contributed by atoms with Crippen LogP contribution in [0.15, 0.2) is 78.9 Å². The molecule has 3 rings (SSSR count). The van der Waals surface area contributed by atoms with Crippen molar-refractivity contribution in [2.45, 2.75) is 0 Å². The smallest absolute Gasteiger partial charge is 0.262 e. The van der Waals surface area contributed by atoms with Crippen LogP contribution in [0.25, 0.3) is 11.1 Å². The summed E-state index contributed by atoms with van der Waals surface area (Å²) in [5.41, 5.74) is 2.87. The summed E-state index contributed by atoms with van der Waals surface area (Å²) in [5, 5.41) is 2.78. The number of carbonyl (C=O) groups excluding carboxylic acids is 1. The molecule has 0 aliphatic carbocycles. The molecular weight excluding hydrogens is 314 g/mol. The van der Waals surface area contributed by atoms with E-state index in [2.05, 4.69) is 17.4 Å². The number of rotatable bonds is 6. The molecule has 0 radical (unpaired) electrons. The summed E-state index contributed by atoms with van der Waals surface area (Å²) in [7, 11) is 1.57. The zero-order valence-corrected chi connectivity index (χ0v) is 13.9. The predicted octanol–water partition coefficient (Wildman–Crippen LogP) is 4.38. The summed E-state index contributed by atoms with van der Waals surface area (Å²) in [6, 6.07) is 25.0. The van der Waals surface area contributed by atoms with E-state index in [0.29, 0.717) is 17.2 Å². The number of carbonyl (C=O) groups is 1. The average molecular weight is 333 g/mol. The van der Waals surface area contributed by atoms with Gasteiger partial charge in [-0.05, 0) is 35.4 Å². The molecule has 0 heterocycles. The van der Waals surface area contributed by atoms with Crippen molar-refractivity contribution in [1.82, 2.24) is 0 Å². The number of benzene rings is 3. The Balaban J connectivity index is 1.57. The molecule has 0 unspecified atom stereocenters. The highest BCUT2D eigenvalue weighted by molar-refractivity contribution is 5.93. The lowest BCUT2D eigenvalue weighted by atomic mass is 10.1. The summed E-state index contributed by atoms with van der Waals surface area (Å²) < 4.78 is 10.8. The van der Waals surface area contributed by atoms with Gasteiger partial charge in [-0.15, -0.1) is 0 Å². The Morgan fingerprint density at radius 1 is 0.840 bits per heavy atom. The maximum atomic E-state index is 12.1. The van der Waals surface area contributed by atoms with E-state index < -0.39 is 0 Å². The summed E-state index contributed by atoms with van der Waals surface area (Å²) >= 11 is 0. The van der Waals surface area contributed by atoms with E-state index in [-0.39, 0.29) is 12.5 Å². The minimum absolute atomic E-state index is 0.0667. The van der Waals surface area contributed by atoms with Crippen LogP contribution >= 0.6 is 0 Å². The highest BCUT2D eigenvalue weighted by Crippen LogP contribution is 2.24. The van der Waals surface area contributed by atoms with Crippen molar-refractivity contribution in [2.24, 2.45) is 0 Å². The molecule has 0 atom stereocenters. The molecule has 4 nitrogen and oxygen atoms in total. The third kappa shape index (κ3) is 4.38. The van der Waals surface area contributed by atoms with E-state index >= 15 is 0 Å². The van der Waals surface area contributed by atoms with E-state index in [1.54, 1.807) is 19.2 Å². The summed E-state index contributed by atoms with van der Waals surface area (Å²) in [4.78, 5) is 12.1. The monoisotopic (exact) mass is 333 g/mol. The van der Waals surface area contributed by atoms with Crippen LogP contribution in [0, 0.1) is 0 Å². The van der Waals surface area contributed by atoms with Crippen LogP contribution in [0.4, 0.5) is 5.69 Å². The quantitative estimate of drug-likeness (QED) is 0.728. The molecule has 0 aromatic heterocycles. The van der Waals surface area contributed by atoms with Gasteiger partial charge in [0.25, 0.3) is 5.91 Å². The Kier molecular flexibility index (Phi) is 5.32. The van der Waals surface area contributed by atoms with Crippen molar-refractivity contribution in [3.63, 3.8) is 0 Å². The van der Waals surface area contributed by atoms with Gasteiger partial charge in [0.1, 0.15) is 11.5 Å². The van der Waals surface area contributed by atoms with Crippen molar-refractivity contribution in [2.75, 3.05) is 19.0 Å². The van der Waals surface area contributed by atoms with Gasteiger partial charge in [-0.2, -0.15) is 0 Å². The minimum Gasteiger partial charge on any atom is -0.495 e. The van der Waals surface area contributed by atoms with E-state index in [1.807, 2.05) is 54.6 Å². The lowest BCUT2D eigenvalue weighted by Crippen LogP contribution is -2.20. The minimum atomic E-state index is -0.239. The molecular formula is C21H19NO3. The topological polar surface area (TPSA) is 47.6 Å². The first kappa shape index (κ1) is 16.6. The molecule has 3 aromatic rings. The fourth-order valence-corrected chi connectivity index (χ4v) is 2.46. The number of hydrogen-bond acceptors (Lipinski definition) is 3. The standard InChI is InChI=1S/C21H19NO3/c1-24-20-10-6-5-9-19(20)22-21(23)15-25-18-13-11-17(12-14-18)16-7-3-2-4-8-16/h2-14H,15H2,1H3,(H,22,23). The van der Waals surface area contributed by atoms with Crippen LogP contribution < -0.4 is 14.8 Å². The molecule has 0 aliphatic rings. The Hall–Kier alpha value is -3.27. The molecule has 1 N–H and O–H groups in total. The van der Waals surface area contributed by atoms with Crippen molar-refractivity contribution in [1.29, 1.82) is 0 Å². The third-order valence-electron chi connectivity index (χ3n) is 3.71. The fraction of sp³-hybridized carbons (Fsp3) is 0.0952. The maximum absolute atomic E-state index is 12.1. The third-order valence-corrected chi connectivity index (χ3v) is 3.71. The second-order valence-electron chi connectivity index (χ2n) is 5.43. The van der Waals surface area contributed by atoms with E-state index in [9.17, 15) is 4.79 Å². The van der Waals surface area contributed by atoms with Gasteiger partial charge >= 0.3 is 0 Å². The normalized spacial score (nSPS) is 10.1. The van der Waals surface area contributed by atoms with Gasteiger partial charge in [-0.25, -0.2) is 0 Å². The van der Waals surface area contributed by atoms with Gasteiger partial charge in [-0.1, -0.05) is 54.6 Å². The first-order valence-corrected chi connectivity index (χ1v) is 7.97. The average Bonchev–Trinajstić information content (AvgIpc) is 2.68. The number of anilines is 1. The second kappa shape index (κ2) is 8.02. The number of para-hydroxylation sites is 2. The Morgan fingerprint density at radius 3 is 2.20 bits per heavy atom. The van der Waals surface area contributed by atoms with Gasteiger partial charge in [-0.3, -0.25) is 4.79 Å². The maximum Gasteiger partial charge on any atom is 0.262 e. The fourth-order valence-electron chi connectivity index (χ4n) is 2.46. The largest absolute Gasteiger partial charge is 0.495 e. The molecule has 0 fully saturated rings. The Morgan fingerprint density at radius 2 is 1.48 bits per heavy atom. The molecule has 0 spiro atoms. The van der Waals surface area contributed by atoms with Gasteiger partial charge in [0, 0.05) is 0 Å². The molecule has 1 amide bonds. The molecule has 0 aliphatic heterocycles. The lowest BCUT2D eigenvalue weighted by Gasteiger charge is -2.11. The van der Waals surface area contributed by atoms with Crippen LogP contribution in [0.1, 0.15) is 0 Å². The number of methoxy groups -OCH3 is 1. The molecule has 25 heavy (non-hydrogen) atoms. The zero-order valence-electron chi connectivity index (χ0n) is 13.9. The highest BCUT2D eigenvalue weighted by Gasteiger charge is 2.07. The van der Waals surface area contributed by atoms with E-state index in [4.69, 9.17) is 9.47 Å². The summed E-state index contributed by atoms with van der Waals surface area (Å²) in [6.07, 6.45) is 0. The molecule has 126 valence electrons. The Labute approximate surface area is 147 Å². The van der Waals surface area contributed by atoms with Crippen molar-refractivity contribution in [3.8, 4) is 22.6 Å². The van der Waals surface area contributed by atoms with Crippen LogP contribution in [-0.2, 0) is 4.79 Å². The van der Waals surface area contributed by atoms with Crippen LogP contribution in [0.5, 0.6) is 11.5 Å². The number of ether oxygens (including phenoxy) is 2. The predicted molar refractivity (Wildman–Crippen MR) is 99.0 cm³/mol. The van der Waals surface area contributed by atoms with E-state index in [1.165, 1.54) is 0 Å². The van der Waals surface area contributed by atoms with Crippen LogP contribution in [-0.4, -0.2) is 19.6 Å². The molecule has 3 aromatic carbocycles. The summed E-state index contributed by atoms with van der Waals surface area (Å²) in [5.74, 6) is 1.02. The first-order chi connectivity index (χ1) is 12.3. The lowest BCUT2D eigenvalue weighted by molar-refractivity contribution is -0.118. The van der Waals surface area contributed by atoms with Crippen molar-refractivity contribution >= 4 is 11.6 Å². The van der Waals surface area contributed by atoms with E-state index in [0.717, 1.165) is 11.1 Å². The van der Waals surface area contributed by atoms with Gasteiger partial charge in [0.15, 0.2) is 6.61 Å². The van der Waals surface area contributed by atoms with Gasteiger partial charge in [0.2, 0.25) is 0 Å². The van der Waals surface area contributed by atoms with Crippen LogP contribution in [0.3, 0.4) is 0 Å². The SMILES string of the molecule is COc1ccccc1NC(=O)COc1ccc(-c2ccccc2)cc1. The molecule has 0 saturated heterocycles. The molecule has 0 saturated carbocycles. The first-order valence-electron chi connectivity index (χ1n) is 7.97. The zero-order chi connectivity index (χ0) is 17.5. The summed E-state index contributed by atoms with van der Waals surface area (Å²) in [6.45, 7) is -0.0667. The van der Waals surface area contributed by atoms with Crippen LogP contribution in [0.2, 0.25) is 0 Å². The molecule has 0 bridgehead atoms. The Bertz CT molecular complexity index is 829. The number of hydrogen-bond donors (Lipinski definition) is 1. The number of amides is 1. The van der Waals surface area contributed by atoms with Crippen molar-refractivity contribution in [3.05, 3.63) is 78.9 Å². The van der Waals surface area contributed by atoms with Crippen molar-refractivity contribution < 1.29 is 14.3 Å². The van der Waals surface area contributed by atoms with Gasteiger partial charge < -0.3 is 14.8 Å². The van der Waals surface area contributed by atoms with Gasteiger partial charge in [0.05, 0.1) is 12.8 Å². The molecule has 4 heteroatoms. The highest BCUT2D eigenvalue weighted by atomic mass is 16.5. The number of nitrogens with one attached hydrogen (secondary N) is 1.